The van der Waals surface area contributed by atoms with Crippen LogP contribution >= 0.6 is 0 Å². The topological polar surface area (TPSA) is 41.5 Å². The summed E-state index contributed by atoms with van der Waals surface area (Å²) in [6.07, 6.45) is 0. The molecule has 0 aromatic heterocycles. The van der Waals surface area contributed by atoms with E-state index in [1.165, 1.54) is 0 Å². The highest BCUT2D eigenvalue weighted by Crippen LogP contribution is 2.33. The normalized spacial score (nSPS) is 14.7. The molecule has 1 aromatic carbocycles. The number of aliphatic hydroxyl groups is 1. The van der Waals surface area contributed by atoms with E-state index in [0.717, 1.165) is 22.4 Å². The highest BCUT2D eigenvalue weighted by atomic mass is 16.5. The third-order valence-electron chi connectivity index (χ3n) is 3.06. The lowest BCUT2D eigenvalue weighted by Crippen LogP contribution is -2.39. The van der Waals surface area contributed by atoms with Crippen molar-refractivity contribution in [3.8, 4) is 5.75 Å². The second-order valence-corrected chi connectivity index (χ2v) is 5.47. The molecule has 0 aliphatic rings. The van der Waals surface area contributed by atoms with Gasteiger partial charge in [-0.05, 0) is 38.0 Å². The predicted molar refractivity (Wildman–Crippen MR) is 75.2 cm³/mol. The molecule has 1 aromatic rings. The van der Waals surface area contributed by atoms with E-state index in [0.29, 0.717) is 12.6 Å². The molecule has 0 amide bonds. The Kier molecular flexibility index (Phi) is 4.77. The van der Waals surface area contributed by atoms with Crippen LogP contribution in [-0.4, -0.2) is 24.8 Å². The second kappa shape index (κ2) is 5.72. The predicted octanol–water partition coefficient (Wildman–Crippen LogP) is 2.52. The van der Waals surface area contributed by atoms with Crippen LogP contribution in [0, 0.1) is 13.8 Å². The Hall–Kier alpha value is -1.06. The maximum absolute atomic E-state index is 10.7. The van der Waals surface area contributed by atoms with Crippen LogP contribution in [0.15, 0.2) is 12.1 Å². The zero-order chi connectivity index (χ0) is 13.9. The van der Waals surface area contributed by atoms with Gasteiger partial charge in [-0.2, -0.15) is 0 Å². The first-order chi connectivity index (χ1) is 8.27. The van der Waals surface area contributed by atoms with Gasteiger partial charge in [0, 0.05) is 18.2 Å². The lowest BCUT2D eigenvalue weighted by Gasteiger charge is -2.29. The molecule has 2 N–H and O–H groups in total. The minimum atomic E-state index is -0.937. The molecular weight excluding hydrogens is 226 g/mol. The van der Waals surface area contributed by atoms with Crippen LogP contribution < -0.4 is 10.1 Å². The number of rotatable bonds is 5. The lowest BCUT2D eigenvalue weighted by molar-refractivity contribution is 0.0517. The molecule has 1 rings (SSSR count). The van der Waals surface area contributed by atoms with Crippen LogP contribution in [0.25, 0.3) is 0 Å². The molecule has 0 heterocycles. The first kappa shape index (κ1) is 15.0. The molecule has 1 unspecified atom stereocenters. The van der Waals surface area contributed by atoms with Crippen molar-refractivity contribution in [1.29, 1.82) is 0 Å². The smallest absolute Gasteiger partial charge is 0.125 e. The summed E-state index contributed by atoms with van der Waals surface area (Å²) in [5.74, 6) is 0.753. The third kappa shape index (κ3) is 3.47. The second-order valence-electron chi connectivity index (χ2n) is 5.47. The van der Waals surface area contributed by atoms with E-state index in [4.69, 9.17) is 4.74 Å². The number of hydrogen-bond acceptors (Lipinski definition) is 3. The standard InChI is InChI=1S/C15H25NO2/c1-10(2)16-9-15(5,17)14-12(4)7-11(3)8-13(14)18-6/h7-8,10,16-17H,9H2,1-6H3. The number of nitrogens with one attached hydrogen (secondary N) is 1. The van der Waals surface area contributed by atoms with E-state index >= 15 is 0 Å². The Morgan fingerprint density at radius 1 is 1.33 bits per heavy atom. The summed E-state index contributed by atoms with van der Waals surface area (Å²) in [7, 11) is 1.64. The summed E-state index contributed by atoms with van der Waals surface area (Å²) >= 11 is 0. The maximum atomic E-state index is 10.7. The van der Waals surface area contributed by atoms with Crippen LogP contribution in [-0.2, 0) is 5.60 Å². The van der Waals surface area contributed by atoms with Crippen LogP contribution in [0.4, 0.5) is 0 Å². The number of ether oxygens (including phenoxy) is 1. The number of methoxy groups -OCH3 is 1. The Morgan fingerprint density at radius 3 is 2.44 bits per heavy atom. The van der Waals surface area contributed by atoms with Crippen molar-refractivity contribution in [2.75, 3.05) is 13.7 Å². The lowest BCUT2D eigenvalue weighted by atomic mass is 9.89. The van der Waals surface area contributed by atoms with Gasteiger partial charge in [0.25, 0.3) is 0 Å². The Morgan fingerprint density at radius 2 is 1.94 bits per heavy atom. The molecule has 18 heavy (non-hydrogen) atoms. The summed E-state index contributed by atoms with van der Waals surface area (Å²) in [5.41, 5.74) is 2.12. The van der Waals surface area contributed by atoms with Gasteiger partial charge in [0.15, 0.2) is 0 Å². The SMILES string of the molecule is COc1cc(C)cc(C)c1C(C)(O)CNC(C)C. The molecule has 0 spiro atoms. The maximum Gasteiger partial charge on any atom is 0.125 e. The van der Waals surface area contributed by atoms with Gasteiger partial charge in [0.1, 0.15) is 11.4 Å². The highest BCUT2D eigenvalue weighted by Gasteiger charge is 2.28. The van der Waals surface area contributed by atoms with E-state index in [-0.39, 0.29) is 0 Å². The van der Waals surface area contributed by atoms with Crippen molar-refractivity contribution in [2.24, 2.45) is 0 Å². The summed E-state index contributed by atoms with van der Waals surface area (Å²) < 4.78 is 5.41. The van der Waals surface area contributed by atoms with E-state index < -0.39 is 5.60 Å². The van der Waals surface area contributed by atoms with E-state index in [9.17, 15) is 5.11 Å². The van der Waals surface area contributed by atoms with Gasteiger partial charge in [-0.25, -0.2) is 0 Å². The Balaban J connectivity index is 3.14. The molecule has 0 fully saturated rings. The van der Waals surface area contributed by atoms with Gasteiger partial charge < -0.3 is 15.2 Å². The summed E-state index contributed by atoms with van der Waals surface area (Å²) in [4.78, 5) is 0. The van der Waals surface area contributed by atoms with Crippen LogP contribution in [0.2, 0.25) is 0 Å². The minimum absolute atomic E-state index is 0.341. The average Bonchev–Trinajstić information content (AvgIpc) is 2.24. The largest absolute Gasteiger partial charge is 0.496 e. The number of benzene rings is 1. The molecule has 0 aliphatic heterocycles. The van der Waals surface area contributed by atoms with Crippen molar-refractivity contribution in [1.82, 2.24) is 5.32 Å². The molecule has 0 saturated carbocycles. The van der Waals surface area contributed by atoms with Gasteiger partial charge in [-0.15, -0.1) is 0 Å². The Labute approximate surface area is 110 Å². The summed E-state index contributed by atoms with van der Waals surface area (Å²) in [6, 6.07) is 4.38. The van der Waals surface area contributed by atoms with E-state index in [1.807, 2.05) is 26.8 Å². The first-order valence-corrected chi connectivity index (χ1v) is 6.39. The molecule has 3 heteroatoms. The monoisotopic (exact) mass is 251 g/mol. The molecule has 102 valence electrons. The van der Waals surface area contributed by atoms with Crippen LogP contribution in [0.3, 0.4) is 0 Å². The number of aryl methyl sites for hydroxylation is 2. The van der Waals surface area contributed by atoms with Gasteiger partial charge in [-0.1, -0.05) is 19.9 Å². The quantitative estimate of drug-likeness (QED) is 0.845. The molecule has 1 atom stereocenters. The van der Waals surface area contributed by atoms with Crippen molar-refractivity contribution >= 4 is 0 Å². The zero-order valence-corrected chi connectivity index (χ0v) is 12.3. The van der Waals surface area contributed by atoms with Crippen molar-refractivity contribution in [2.45, 2.75) is 46.3 Å². The molecular formula is C15H25NO2. The molecule has 0 aliphatic carbocycles. The summed E-state index contributed by atoms with van der Waals surface area (Å²) in [5, 5.41) is 13.9. The van der Waals surface area contributed by atoms with Gasteiger partial charge in [-0.3, -0.25) is 0 Å². The molecule has 0 radical (unpaired) electrons. The van der Waals surface area contributed by atoms with Crippen LogP contribution in [0.5, 0.6) is 5.75 Å². The average molecular weight is 251 g/mol. The fraction of sp³-hybridized carbons (Fsp3) is 0.600. The minimum Gasteiger partial charge on any atom is -0.496 e. The first-order valence-electron chi connectivity index (χ1n) is 6.39. The van der Waals surface area contributed by atoms with Crippen LogP contribution in [0.1, 0.15) is 37.5 Å². The zero-order valence-electron chi connectivity index (χ0n) is 12.3. The van der Waals surface area contributed by atoms with E-state index in [2.05, 4.69) is 25.2 Å². The fourth-order valence-electron chi connectivity index (χ4n) is 2.27. The fourth-order valence-corrected chi connectivity index (χ4v) is 2.27. The molecule has 0 bridgehead atoms. The van der Waals surface area contributed by atoms with Crippen molar-refractivity contribution < 1.29 is 9.84 Å². The van der Waals surface area contributed by atoms with Gasteiger partial charge in [0.2, 0.25) is 0 Å². The number of hydrogen-bond donors (Lipinski definition) is 2. The Bertz CT molecular complexity index is 411. The summed E-state index contributed by atoms with van der Waals surface area (Å²) in [6.45, 7) is 10.5. The third-order valence-corrected chi connectivity index (χ3v) is 3.06. The van der Waals surface area contributed by atoms with Crippen molar-refractivity contribution in [3.05, 3.63) is 28.8 Å². The molecule has 0 saturated heterocycles. The molecule has 3 nitrogen and oxygen atoms in total. The highest BCUT2D eigenvalue weighted by molar-refractivity contribution is 5.46. The van der Waals surface area contributed by atoms with Gasteiger partial charge >= 0.3 is 0 Å². The van der Waals surface area contributed by atoms with Gasteiger partial charge in [0.05, 0.1) is 7.11 Å². The van der Waals surface area contributed by atoms with E-state index in [1.54, 1.807) is 7.11 Å². The van der Waals surface area contributed by atoms with Crippen molar-refractivity contribution in [3.63, 3.8) is 0 Å².